The molecule has 0 N–H and O–H groups in total. The van der Waals surface area contributed by atoms with E-state index in [4.69, 9.17) is 4.74 Å². The third-order valence-corrected chi connectivity index (χ3v) is 3.72. The van der Waals surface area contributed by atoms with Crippen LogP contribution in [0.4, 0.5) is 10.6 Å². The minimum Gasteiger partial charge on any atom is -0.379 e. The maximum absolute atomic E-state index is 12.5. The van der Waals surface area contributed by atoms with Crippen LogP contribution in [-0.2, 0) is 4.74 Å². The van der Waals surface area contributed by atoms with Crippen molar-refractivity contribution in [1.82, 2.24) is 14.8 Å². The van der Waals surface area contributed by atoms with Crippen molar-refractivity contribution >= 4 is 11.8 Å². The molecule has 2 rings (SSSR count). The van der Waals surface area contributed by atoms with Gasteiger partial charge in [-0.05, 0) is 31.5 Å². The molecule has 0 saturated carbocycles. The van der Waals surface area contributed by atoms with Crippen LogP contribution >= 0.6 is 0 Å². The second-order valence-corrected chi connectivity index (χ2v) is 5.93. The molecule has 2 amide bonds. The van der Waals surface area contributed by atoms with Gasteiger partial charge < -0.3 is 9.64 Å². The highest BCUT2D eigenvalue weighted by atomic mass is 16.5. The number of ether oxygens (including phenoxy) is 1. The van der Waals surface area contributed by atoms with Crippen molar-refractivity contribution in [3.05, 3.63) is 23.4 Å². The van der Waals surface area contributed by atoms with Crippen molar-refractivity contribution in [2.24, 2.45) is 0 Å². The van der Waals surface area contributed by atoms with Gasteiger partial charge in [0.25, 0.3) is 0 Å². The lowest BCUT2D eigenvalue weighted by Crippen LogP contribution is -2.46. The zero-order chi connectivity index (χ0) is 16.1. The van der Waals surface area contributed by atoms with Crippen molar-refractivity contribution in [3.63, 3.8) is 0 Å². The van der Waals surface area contributed by atoms with Crippen LogP contribution in [0, 0.1) is 13.8 Å². The van der Waals surface area contributed by atoms with Gasteiger partial charge in [0, 0.05) is 46.0 Å². The molecule has 0 aliphatic carbocycles. The second-order valence-electron chi connectivity index (χ2n) is 5.93. The number of nitrogens with zero attached hydrogens (tertiary/aromatic N) is 4. The molecular weight excluding hydrogens is 280 g/mol. The number of aromatic nitrogens is 1. The molecule has 0 atom stereocenters. The summed E-state index contributed by atoms with van der Waals surface area (Å²) < 4.78 is 5.37. The smallest absolute Gasteiger partial charge is 0.325 e. The average Bonchev–Trinajstić information content (AvgIpc) is 2.47. The van der Waals surface area contributed by atoms with E-state index in [1.807, 2.05) is 26.0 Å². The molecule has 1 saturated heterocycles. The summed E-state index contributed by atoms with van der Waals surface area (Å²) in [5.41, 5.74) is 2.04. The van der Waals surface area contributed by atoms with Gasteiger partial charge in [0.15, 0.2) is 0 Å². The fourth-order valence-corrected chi connectivity index (χ4v) is 2.57. The summed E-state index contributed by atoms with van der Waals surface area (Å²) in [6.07, 6.45) is 0. The van der Waals surface area contributed by atoms with E-state index >= 15 is 0 Å². The lowest BCUT2D eigenvalue weighted by molar-refractivity contribution is 0.0392. The molecule has 0 bridgehead atoms. The lowest BCUT2D eigenvalue weighted by Gasteiger charge is -2.31. The monoisotopic (exact) mass is 306 g/mol. The Bertz CT molecular complexity index is 493. The molecule has 6 nitrogen and oxygen atoms in total. The first kappa shape index (κ1) is 16.7. The Morgan fingerprint density at radius 1 is 1.27 bits per heavy atom. The molecule has 1 aliphatic heterocycles. The number of morpholine rings is 1. The molecule has 1 aromatic heterocycles. The van der Waals surface area contributed by atoms with Crippen LogP contribution in [0.2, 0.25) is 0 Å². The molecule has 0 unspecified atom stereocenters. The molecule has 1 aromatic rings. The van der Waals surface area contributed by atoms with Crippen molar-refractivity contribution in [3.8, 4) is 0 Å². The second kappa shape index (κ2) is 7.56. The van der Waals surface area contributed by atoms with Gasteiger partial charge in [-0.15, -0.1) is 0 Å². The van der Waals surface area contributed by atoms with Crippen LogP contribution in [0.25, 0.3) is 0 Å². The van der Waals surface area contributed by atoms with E-state index in [-0.39, 0.29) is 6.03 Å². The zero-order valence-corrected chi connectivity index (χ0v) is 14.0. The van der Waals surface area contributed by atoms with Gasteiger partial charge in [0.1, 0.15) is 5.82 Å². The molecule has 1 fully saturated rings. The maximum Gasteiger partial charge on any atom is 0.325 e. The number of urea groups is 1. The minimum atomic E-state index is -0.0363. The number of pyridine rings is 1. The Balaban J connectivity index is 2.13. The van der Waals surface area contributed by atoms with Crippen molar-refractivity contribution < 1.29 is 9.53 Å². The predicted molar refractivity (Wildman–Crippen MR) is 87.4 cm³/mol. The van der Waals surface area contributed by atoms with Gasteiger partial charge in [0.2, 0.25) is 0 Å². The van der Waals surface area contributed by atoms with E-state index in [1.54, 1.807) is 23.9 Å². The van der Waals surface area contributed by atoms with Crippen molar-refractivity contribution in [2.75, 3.05) is 58.4 Å². The standard InChI is InChI=1S/C16H26N4O2/c1-13-11-14(2)17-15(12-13)20(16(21)18(3)4)6-5-19-7-9-22-10-8-19/h11-12H,5-10H2,1-4H3. The highest BCUT2D eigenvalue weighted by Crippen LogP contribution is 2.16. The predicted octanol–water partition coefficient (Wildman–Crippen LogP) is 1.52. The first-order chi connectivity index (χ1) is 10.5. The molecule has 122 valence electrons. The summed E-state index contributed by atoms with van der Waals surface area (Å²) in [4.78, 5) is 22.7. The first-order valence-electron chi connectivity index (χ1n) is 7.71. The Morgan fingerprint density at radius 2 is 1.95 bits per heavy atom. The van der Waals surface area contributed by atoms with Gasteiger partial charge in [0.05, 0.1) is 13.2 Å². The van der Waals surface area contributed by atoms with Gasteiger partial charge in [-0.3, -0.25) is 9.80 Å². The summed E-state index contributed by atoms with van der Waals surface area (Å²) >= 11 is 0. The van der Waals surface area contributed by atoms with E-state index in [9.17, 15) is 4.79 Å². The molecule has 0 spiro atoms. The van der Waals surface area contributed by atoms with Crippen molar-refractivity contribution in [2.45, 2.75) is 13.8 Å². The fourth-order valence-electron chi connectivity index (χ4n) is 2.57. The van der Waals surface area contributed by atoms with E-state index in [0.29, 0.717) is 6.54 Å². The number of aryl methyl sites for hydroxylation is 2. The van der Waals surface area contributed by atoms with Crippen LogP contribution in [0.3, 0.4) is 0 Å². The van der Waals surface area contributed by atoms with Crippen LogP contribution in [0.15, 0.2) is 12.1 Å². The third kappa shape index (κ3) is 4.42. The molecule has 2 heterocycles. The summed E-state index contributed by atoms with van der Waals surface area (Å²) in [6, 6.07) is 3.95. The highest BCUT2D eigenvalue weighted by molar-refractivity contribution is 5.90. The Hall–Kier alpha value is -1.66. The molecule has 22 heavy (non-hydrogen) atoms. The lowest BCUT2D eigenvalue weighted by atomic mass is 10.2. The van der Waals surface area contributed by atoms with Crippen LogP contribution in [0.5, 0.6) is 0 Å². The number of carbonyl (C=O) groups is 1. The number of amides is 2. The molecule has 1 aliphatic rings. The van der Waals surface area contributed by atoms with Crippen LogP contribution in [0.1, 0.15) is 11.3 Å². The third-order valence-electron chi connectivity index (χ3n) is 3.72. The fraction of sp³-hybridized carbons (Fsp3) is 0.625. The Labute approximate surface area is 132 Å². The quantitative estimate of drug-likeness (QED) is 0.846. The summed E-state index contributed by atoms with van der Waals surface area (Å²) in [5, 5.41) is 0. The van der Waals surface area contributed by atoms with E-state index < -0.39 is 0 Å². The van der Waals surface area contributed by atoms with E-state index in [2.05, 4.69) is 9.88 Å². The zero-order valence-electron chi connectivity index (χ0n) is 14.0. The Morgan fingerprint density at radius 3 is 2.55 bits per heavy atom. The van der Waals surface area contributed by atoms with E-state index in [0.717, 1.165) is 49.9 Å². The SMILES string of the molecule is Cc1cc(C)nc(N(CCN2CCOCC2)C(=O)N(C)C)c1. The summed E-state index contributed by atoms with van der Waals surface area (Å²) in [6.45, 7) is 8.82. The molecule has 6 heteroatoms. The molecular formula is C16H26N4O2. The molecule has 0 aromatic carbocycles. The number of carbonyl (C=O) groups excluding carboxylic acids is 1. The van der Waals surface area contributed by atoms with Crippen molar-refractivity contribution in [1.29, 1.82) is 0 Å². The van der Waals surface area contributed by atoms with Crippen LogP contribution < -0.4 is 4.90 Å². The Kier molecular flexibility index (Phi) is 5.74. The maximum atomic E-state index is 12.5. The highest BCUT2D eigenvalue weighted by Gasteiger charge is 2.21. The largest absolute Gasteiger partial charge is 0.379 e. The molecule has 0 radical (unpaired) electrons. The number of anilines is 1. The number of hydrogen-bond donors (Lipinski definition) is 0. The minimum absolute atomic E-state index is 0.0363. The van der Waals surface area contributed by atoms with Crippen LogP contribution in [-0.4, -0.2) is 74.3 Å². The number of rotatable bonds is 4. The normalized spacial score (nSPS) is 15.6. The van der Waals surface area contributed by atoms with Gasteiger partial charge in [-0.2, -0.15) is 0 Å². The van der Waals surface area contributed by atoms with E-state index in [1.165, 1.54) is 0 Å². The first-order valence-corrected chi connectivity index (χ1v) is 7.71. The van der Waals surface area contributed by atoms with Gasteiger partial charge >= 0.3 is 6.03 Å². The van der Waals surface area contributed by atoms with Gasteiger partial charge in [-0.1, -0.05) is 0 Å². The number of hydrogen-bond acceptors (Lipinski definition) is 4. The van der Waals surface area contributed by atoms with Gasteiger partial charge in [-0.25, -0.2) is 9.78 Å². The summed E-state index contributed by atoms with van der Waals surface area (Å²) in [7, 11) is 3.54. The summed E-state index contributed by atoms with van der Waals surface area (Å²) in [5.74, 6) is 0.726. The average molecular weight is 306 g/mol. The topological polar surface area (TPSA) is 48.9 Å².